The Morgan fingerprint density at radius 1 is 1.32 bits per heavy atom. The number of fused-ring (bicyclic) bond motifs is 3. The van der Waals surface area contributed by atoms with Gasteiger partial charge >= 0.3 is 0 Å². The van der Waals surface area contributed by atoms with Crippen LogP contribution in [-0.4, -0.2) is 19.9 Å². The topological polar surface area (TPSA) is 77.3 Å². The summed E-state index contributed by atoms with van der Waals surface area (Å²) in [5.41, 5.74) is 5.26. The van der Waals surface area contributed by atoms with E-state index in [0.29, 0.717) is 11.4 Å². The number of para-hydroxylation sites is 2. The zero-order chi connectivity index (χ0) is 12.9. The first-order valence-corrected chi connectivity index (χ1v) is 5.58. The molecule has 100 valence electrons. The number of amides is 1. The molecule has 0 aliphatic heterocycles. The van der Waals surface area contributed by atoms with Crippen LogP contribution < -0.4 is 11.3 Å². The highest BCUT2D eigenvalue weighted by Gasteiger charge is 2.20. The number of aromatic nitrogens is 3. The monoisotopic (exact) mass is 323 g/mol. The van der Waals surface area contributed by atoms with E-state index < -0.39 is 0 Å². The standard InChI is InChI=1S/C12H13N5O.BrH/c1-7-10(11(18)15-13)17-9-6-4-3-5-8(9)16(2)12(17)14-7;/h3-6H,13H2,1-2H3,(H,15,18);1H. The van der Waals surface area contributed by atoms with E-state index in [4.69, 9.17) is 5.84 Å². The Morgan fingerprint density at radius 3 is 2.58 bits per heavy atom. The molecule has 3 N–H and O–H groups in total. The third kappa shape index (κ3) is 1.73. The van der Waals surface area contributed by atoms with Crippen molar-refractivity contribution in [2.75, 3.05) is 0 Å². The maximum atomic E-state index is 11.9. The van der Waals surface area contributed by atoms with Gasteiger partial charge in [0.25, 0.3) is 5.91 Å². The van der Waals surface area contributed by atoms with E-state index in [9.17, 15) is 4.79 Å². The molecular weight excluding hydrogens is 310 g/mol. The van der Waals surface area contributed by atoms with Crippen molar-refractivity contribution < 1.29 is 4.79 Å². The quantitative estimate of drug-likeness (QED) is 0.403. The molecule has 0 saturated heterocycles. The van der Waals surface area contributed by atoms with Crippen LogP contribution in [0.4, 0.5) is 0 Å². The Kier molecular flexibility index (Phi) is 3.34. The molecule has 2 heterocycles. The SMILES string of the molecule is Br.Cc1nc2n(C)c3ccccc3n2c1C(=O)NN. The average molecular weight is 324 g/mol. The second-order valence-electron chi connectivity index (χ2n) is 4.20. The fraction of sp³-hybridized carbons (Fsp3) is 0.167. The predicted molar refractivity (Wildman–Crippen MR) is 78.4 cm³/mol. The summed E-state index contributed by atoms with van der Waals surface area (Å²) < 4.78 is 3.78. The zero-order valence-corrected chi connectivity index (χ0v) is 12.3. The van der Waals surface area contributed by atoms with Crippen LogP contribution in [0.15, 0.2) is 24.3 Å². The summed E-state index contributed by atoms with van der Waals surface area (Å²) in [6.45, 7) is 1.80. The maximum absolute atomic E-state index is 11.9. The maximum Gasteiger partial charge on any atom is 0.284 e. The molecule has 6 nitrogen and oxygen atoms in total. The van der Waals surface area contributed by atoms with Gasteiger partial charge in [-0.15, -0.1) is 17.0 Å². The van der Waals surface area contributed by atoms with Gasteiger partial charge in [0, 0.05) is 7.05 Å². The van der Waals surface area contributed by atoms with E-state index in [-0.39, 0.29) is 22.9 Å². The highest BCUT2D eigenvalue weighted by Crippen LogP contribution is 2.22. The predicted octanol–water partition coefficient (Wildman–Crippen LogP) is 1.32. The van der Waals surface area contributed by atoms with Crippen molar-refractivity contribution in [3.63, 3.8) is 0 Å². The van der Waals surface area contributed by atoms with E-state index in [0.717, 1.165) is 16.8 Å². The van der Waals surface area contributed by atoms with Gasteiger partial charge in [0.15, 0.2) is 0 Å². The Bertz CT molecular complexity index is 773. The summed E-state index contributed by atoms with van der Waals surface area (Å²) in [6.07, 6.45) is 0. The molecule has 2 aromatic heterocycles. The molecular formula is C12H14BrN5O. The number of aryl methyl sites for hydroxylation is 2. The Hall–Kier alpha value is -1.86. The van der Waals surface area contributed by atoms with Gasteiger partial charge in [-0.3, -0.25) is 14.6 Å². The fourth-order valence-electron chi connectivity index (χ4n) is 2.35. The van der Waals surface area contributed by atoms with E-state index in [1.165, 1.54) is 0 Å². The lowest BCUT2D eigenvalue weighted by molar-refractivity contribution is 0.0947. The van der Waals surface area contributed by atoms with Gasteiger partial charge in [0.05, 0.1) is 16.7 Å². The van der Waals surface area contributed by atoms with Crippen LogP contribution in [0.5, 0.6) is 0 Å². The van der Waals surface area contributed by atoms with Gasteiger partial charge in [-0.05, 0) is 19.1 Å². The molecule has 0 atom stereocenters. The Balaban J connectivity index is 0.00000133. The number of hydrogen-bond donors (Lipinski definition) is 2. The van der Waals surface area contributed by atoms with E-state index in [1.807, 2.05) is 40.3 Å². The number of rotatable bonds is 1. The molecule has 0 fully saturated rings. The normalized spacial score (nSPS) is 10.7. The number of imidazole rings is 2. The third-order valence-electron chi connectivity index (χ3n) is 3.16. The first kappa shape index (κ1) is 13.6. The minimum atomic E-state index is -0.337. The van der Waals surface area contributed by atoms with Crippen LogP contribution in [-0.2, 0) is 7.05 Å². The van der Waals surface area contributed by atoms with Crippen molar-refractivity contribution in [2.45, 2.75) is 6.92 Å². The number of nitrogen functional groups attached to an aromatic ring is 1. The van der Waals surface area contributed by atoms with Crippen LogP contribution >= 0.6 is 17.0 Å². The molecule has 7 heteroatoms. The molecule has 0 saturated carbocycles. The van der Waals surface area contributed by atoms with Crippen molar-refractivity contribution in [3.05, 3.63) is 35.7 Å². The van der Waals surface area contributed by atoms with Crippen LogP contribution in [0, 0.1) is 6.92 Å². The molecule has 0 radical (unpaired) electrons. The summed E-state index contributed by atoms with van der Waals surface area (Å²) in [5, 5.41) is 0. The molecule has 3 rings (SSSR count). The summed E-state index contributed by atoms with van der Waals surface area (Å²) in [7, 11) is 1.92. The molecule has 0 bridgehead atoms. The van der Waals surface area contributed by atoms with Crippen LogP contribution in [0.25, 0.3) is 16.8 Å². The number of carbonyl (C=O) groups excluding carboxylic acids is 1. The summed E-state index contributed by atoms with van der Waals surface area (Å²) in [4.78, 5) is 16.3. The van der Waals surface area contributed by atoms with Crippen molar-refractivity contribution in [1.82, 2.24) is 19.4 Å². The Morgan fingerprint density at radius 2 is 1.95 bits per heavy atom. The molecule has 3 aromatic rings. The number of nitrogens with zero attached hydrogens (tertiary/aromatic N) is 3. The molecule has 0 aliphatic rings. The van der Waals surface area contributed by atoms with E-state index in [1.54, 1.807) is 6.92 Å². The smallest absolute Gasteiger partial charge is 0.284 e. The minimum Gasteiger partial charge on any atom is -0.313 e. The highest BCUT2D eigenvalue weighted by molar-refractivity contribution is 8.93. The summed E-state index contributed by atoms with van der Waals surface area (Å²) in [5.74, 6) is 5.62. The van der Waals surface area contributed by atoms with Gasteiger partial charge in [0.1, 0.15) is 5.69 Å². The van der Waals surface area contributed by atoms with E-state index in [2.05, 4.69) is 10.4 Å². The number of carbonyl (C=O) groups is 1. The molecule has 0 unspecified atom stereocenters. The summed E-state index contributed by atoms with van der Waals surface area (Å²) in [6, 6.07) is 7.83. The van der Waals surface area contributed by atoms with Gasteiger partial charge in [0.2, 0.25) is 5.78 Å². The summed E-state index contributed by atoms with van der Waals surface area (Å²) >= 11 is 0. The van der Waals surface area contributed by atoms with Crippen LogP contribution in [0.2, 0.25) is 0 Å². The van der Waals surface area contributed by atoms with Gasteiger partial charge in [-0.1, -0.05) is 12.1 Å². The van der Waals surface area contributed by atoms with Gasteiger partial charge < -0.3 is 4.57 Å². The second kappa shape index (κ2) is 4.67. The lowest BCUT2D eigenvalue weighted by atomic mass is 10.3. The van der Waals surface area contributed by atoms with Gasteiger partial charge in [-0.25, -0.2) is 10.8 Å². The molecule has 1 aromatic carbocycles. The number of nitrogens with two attached hydrogens (primary N) is 1. The highest BCUT2D eigenvalue weighted by atomic mass is 79.9. The molecule has 1 amide bonds. The number of hydrazine groups is 1. The number of halogens is 1. The first-order chi connectivity index (χ1) is 8.65. The zero-order valence-electron chi connectivity index (χ0n) is 10.5. The minimum absolute atomic E-state index is 0. The second-order valence-corrected chi connectivity index (χ2v) is 4.20. The van der Waals surface area contributed by atoms with Crippen molar-refractivity contribution in [1.29, 1.82) is 0 Å². The lowest BCUT2D eigenvalue weighted by Crippen LogP contribution is -2.31. The van der Waals surface area contributed by atoms with Crippen LogP contribution in [0.3, 0.4) is 0 Å². The first-order valence-electron chi connectivity index (χ1n) is 5.58. The van der Waals surface area contributed by atoms with Gasteiger partial charge in [-0.2, -0.15) is 0 Å². The molecule has 19 heavy (non-hydrogen) atoms. The number of nitrogens with one attached hydrogen (secondary N) is 1. The lowest BCUT2D eigenvalue weighted by Gasteiger charge is -2.00. The molecule has 0 aliphatic carbocycles. The average Bonchev–Trinajstić information content (AvgIpc) is 2.86. The number of hydrogen-bond acceptors (Lipinski definition) is 3. The van der Waals surface area contributed by atoms with Crippen molar-refractivity contribution in [2.24, 2.45) is 12.9 Å². The largest absolute Gasteiger partial charge is 0.313 e. The number of benzene rings is 1. The molecule has 0 spiro atoms. The Labute approximate surface area is 119 Å². The van der Waals surface area contributed by atoms with Crippen molar-refractivity contribution in [3.8, 4) is 0 Å². The van der Waals surface area contributed by atoms with Crippen LogP contribution in [0.1, 0.15) is 16.2 Å². The van der Waals surface area contributed by atoms with E-state index >= 15 is 0 Å². The third-order valence-corrected chi connectivity index (χ3v) is 3.16. The van der Waals surface area contributed by atoms with Crippen molar-refractivity contribution >= 4 is 39.7 Å². The fourth-order valence-corrected chi connectivity index (χ4v) is 2.35.